The van der Waals surface area contributed by atoms with Crippen LogP contribution in [0.1, 0.15) is 32.2 Å². The predicted molar refractivity (Wildman–Crippen MR) is 110 cm³/mol. The van der Waals surface area contributed by atoms with E-state index in [4.69, 9.17) is 23.7 Å². The van der Waals surface area contributed by atoms with Gasteiger partial charge in [-0.15, -0.1) is 0 Å². The number of carbonyl (C=O) groups is 1. The minimum Gasteiger partial charge on any atom is -0.454 e. The van der Waals surface area contributed by atoms with Crippen LogP contribution in [-0.2, 0) is 25.1 Å². The number of ether oxygens (including phenoxy) is 5. The van der Waals surface area contributed by atoms with Gasteiger partial charge in [-0.3, -0.25) is 9.36 Å². The third kappa shape index (κ3) is 3.44. The summed E-state index contributed by atoms with van der Waals surface area (Å²) >= 11 is 0. The normalized spacial score (nSPS) is 24.8. The maximum absolute atomic E-state index is 12.9. The summed E-state index contributed by atoms with van der Waals surface area (Å²) in [5.41, 5.74) is 0.577. The van der Waals surface area contributed by atoms with E-state index in [-0.39, 0.29) is 29.9 Å². The van der Waals surface area contributed by atoms with Gasteiger partial charge in [-0.1, -0.05) is 0 Å². The van der Waals surface area contributed by atoms with Crippen LogP contribution in [0.5, 0.6) is 11.5 Å². The molecule has 0 radical (unpaired) electrons. The Bertz CT molecular complexity index is 1030. The average Bonchev–Trinajstić information content (AvgIpc) is 3.36. The first kappa shape index (κ1) is 19.7. The summed E-state index contributed by atoms with van der Waals surface area (Å²) in [7, 11) is -0.839. The molecule has 0 aliphatic carbocycles. The van der Waals surface area contributed by atoms with Crippen molar-refractivity contribution in [3.05, 3.63) is 28.4 Å². The Kier molecular flexibility index (Phi) is 5.34. The monoisotopic (exact) mass is 434 g/mol. The van der Waals surface area contributed by atoms with Gasteiger partial charge in [0.25, 0.3) is 0 Å². The van der Waals surface area contributed by atoms with E-state index in [0.29, 0.717) is 47.5 Å². The van der Waals surface area contributed by atoms with Gasteiger partial charge in [-0.2, -0.15) is 4.79 Å². The molecule has 30 heavy (non-hydrogen) atoms. The quantitative estimate of drug-likeness (QED) is 0.540. The number of hydrogen-bond acceptors (Lipinski definition) is 7. The Morgan fingerprint density at radius 2 is 2.07 bits per heavy atom. The fourth-order valence-corrected chi connectivity index (χ4v) is 6.25. The highest BCUT2D eigenvalue weighted by Gasteiger charge is 2.48. The predicted octanol–water partition coefficient (Wildman–Crippen LogP) is 2.96. The largest absolute Gasteiger partial charge is 0.532 e. The molecule has 4 heterocycles. The Morgan fingerprint density at radius 1 is 1.23 bits per heavy atom. The molecule has 1 saturated heterocycles. The van der Waals surface area contributed by atoms with Gasteiger partial charge in [0.1, 0.15) is 6.04 Å². The van der Waals surface area contributed by atoms with Crippen LogP contribution < -0.4 is 14.9 Å². The van der Waals surface area contributed by atoms with Crippen LogP contribution in [0.25, 0.3) is 10.9 Å². The van der Waals surface area contributed by atoms with E-state index in [1.807, 2.05) is 10.6 Å². The van der Waals surface area contributed by atoms with Crippen molar-refractivity contribution in [3.63, 3.8) is 0 Å². The molecule has 0 bridgehead atoms. The highest BCUT2D eigenvalue weighted by Crippen LogP contribution is 2.40. The van der Waals surface area contributed by atoms with Gasteiger partial charge in [0.15, 0.2) is 39.9 Å². The lowest BCUT2D eigenvalue weighted by molar-refractivity contribution is -0.166. The van der Waals surface area contributed by atoms with E-state index >= 15 is 0 Å². The number of carbonyl (C=O) groups excluding carboxylic acids is 1. The Labute approximate surface area is 176 Å². The summed E-state index contributed by atoms with van der Waals surface area (Å²) in [6.45, 7) is 3.32. The van der Waals surface area contributed by atoms with Crippen LogP contribution in [-0.4, -0.2) is 48.5 Å². The number of nitrogens with zero attached hydrogens (tertiary/aromatic N) is 1. The van der Waals surface area contributed by atoms with Crippen LogP contribution in [0.3, 0.4) is 0 Å². The van der Waals surface area contributed by atoms with E-state index in [0.717, 1.165) is 24.8 Å². The first-order chi connectivity index (χ1) is 14.7. The van der Waals surface area contributed by atoms with Crippen molar-refractivity contribution in [1.29, 1.82) is 0 Å². The van der Waals surface area contributed by atoms with E-state index in [1.165, 1.54) is 0 Å². The Hall–Kier alpha value is -2.23. The molecule has 1 aromatic carbocycles. The highest BCUT2D eigenvalue weighted by atomic mass is 32.2. The molecule has 0 spiro atoms. The van der Waals surface area contributed by atoms with E-state index in [2.05, 4.69) is 0 Å². The molecule has 0 N–H and O–H groups in total. The van der Waals surface area contributed by atoms with Crippen molar-refractivity contribution in [2.75, 3.05) is 32.4 Å². The first-order valence-electron chi connectivity index (χ1n) is 10.3. The molecule has 3 aliphatic rings. The number of benzene rings is 1. The molecule has 0 saturated carbocycles. The van der Waals surface area contributed by atoms with E-state index in [9.17, 15) is 9.59 Å². The third-order valence-electron chi connectivity index (χ3n) is 5.56. The van der Waals surface area contributed by atoms with Gasteiger partial charge >= 0.3 is 5.30 Å². The summed E-state index contributed by atoms with van der Waals surface area (Å²) in [6, 6.07) is 4.99. The lowest BCUT2D eigenvalue weighted by Crippen LogP contribution is -2.27. The topological polar surface area (TPSA) is 85.2 Å². The van der Waals surface area contributed by atoms with Crippen molar-refractivity contribution >= 4 is 27.1 Å². The average molecular weight is 434 g/mol. The zero-order valence-corrected chi connectivity index (χ0v) is 17.6. The highest BCUT2D eigenvalue weighted by molar-refractivity contribution is 8.10. The number of rotatable bonds is 4. The van der Waals surface area contributed by atoms with E-state index in [1.54, 1.807) is 19.1 Å². The summed E-state index contributed by atoms with van der Waals surface area (Å²) in [4.78, 5) is 25.5. The summed E-state index contributed by atoms with van der Waals surface area (Å²) in [5, 5.41) is 0.932. The minimum absolute atomic E-state index is 0.110. The fraction of sp³-hybridized carbons (Fsp3) is 0.524. The second-order valence-corrected chi connectivity index (χ2v) is 9.33. The van der Waals surface area contributed by atoms with Gasteiger partial charge in [0, 0.05) is 18.1 Å². The van der Waals surface area contributed by atoms with Crippen LogP contribution in [0.2, 0.25) is 0 Å². The summed E-state index contributed by atoms with van der Waals surface area (Å²) in [5.74, 6) is 1.70. The minimum atomic E-state index is -0.839. The zero-order chi connectivity index (χ0) is 20.7. The van der Waals surface area contributed by atoms with E-state index < -0.39 is 10.9 Å². The van der Waals surface area contributed by atoms with Gasteiger partial charge < -0.3 is 23.7 Å². The van der Waals surface area contributed by atoms with Gasteiger partial charge in [0.05, 0.1) is 24.8 Å². The van der Waals surface area contributed by atoms with Gasteiger partial charge in [0.2, 0.25) is 11.8 Å². The van der Waals surface area contributed by atoms with Crippen molar-refractivity contribution in [2.24, 2.45) is 0 Å². The molecule has 3 atom stereocenters. The lowest BCUT2D eigenvalue weighted by Gasteiger charge is -2.24. The molecule has 5 rings (SSSR count). The Morgan fingerprint density at radius 3 is 2.83 bits per heavy atom. The molecule has 0 amide bonds. The first-order valence-corrected chi connectivity index (χ1v) is 11.6. The molecule has 1 fully saturated rings. The second kappa shape index (κ2) is 8.13. The van der Waals surface area contributed by atoms with Gasteiger partial charge in [-0.25, -0.2) is 0 Å². The fourth-order valence-electron chi connectivity index (χ4n) is 4.15. The van der Waals surface area contributed by atoms with Crippen LogP contribution in [0.4, 0.5) is 4.79 Å². The smallest absolute Gasteiger partial charge is 0.454 e. The molecule has 9 heteroatoms. The number of aromatic nitrogens is 1. The molecule has 8 nitrogen and oxygen atoms in total. The summed E-state index contributed by atoms with van der Waals surface area (Å²) in [6.07, 6.45) is 2.78. The lowest BCUT2D eigenvalue weighted by atomic mass is 10.1. The molecule has 3 aliphatic heterocycles. The molecule has 1 aromatic heterocycles. The van der Waals surface area contributed by atoms with Crippen LogP contribution >= 0.6 is 0 Å². The standard InChI is InChI=1S/C21H24NO7S/c1-2-25-21(24)30-11-13(10-27-20-5-3-4-6-26-20)22-15-8-18-17(28-12-29-18)7-14(15)16(23)9-19(22)30/h7-9,13,20H,2-6,10-12H2,1H3/q+1. The second-order valence-electron chi connectivity index (χ2n) is 7.46. The molecular weight excluding hydrogens is 410 g/mol. The van der Waals surface area contributed by atoms with Crippen LogP contribution in [0.15, 0.2) is 28.0 Å². The molecule has 3 unspecified atom stereocenters. The third-order valence-corrected chi connectivity index (χ3v) is 7.62. The van der Waals surface area contributed by atoms with Crippen molar-refractivity contribution in [1.82, 2.24) is 4.57 Å². The molecule has 2 aromatic rings. The maximum atomic E-state index is 12.9. The SMILES string of the molecule is CCOC(=O)[S+]1CC(COC2CCCCO2)n2c1cc(=O)c1cc3c(cc12)OCO3. The number of fused-ring (bicyclic) bond motifs is 4. The van der Waals surface area contributed by atoms with Crippen molar-refractivity contribution in [2.45, 2.75) is 43.5 Å². The number of pyridine rings is 1. The number of hydrogen-bond donors (Lipinski definition) is 0. The zero-order valence-electron chi connectivity index (χ0n) is 16.8. The van der Waals surface area contributed by atoms with Gasteiger partial charge in [-0.05, 0) is 32.3 Å². The Balaban J connectivity index is 1.56. The molecule has 160 valence electrons. The molecular formula is C21H24NO7S+. The van der Waals surface area contributed by atoms with Crippen molar-refractivity contribution < 1.29 is 28.5 Å². The summed E-state index contributed by atoms with van der Waals surface area (Å²) < 4.78 is 30.1. The van der Waals surface area contributed by atoms with Crippen LogP contribution in [0, 0.1) is 0 Å². The van der Waals surface area contributed by atoms with Crippen molar-refractivity contribution in [3.8, 4) is 11.5 Å². The maximum Gasteiger partial charge on any atom is 0.532 e.